The maximum atomic E-state index is 13.6. The largest absolute Gasteiger partial charge is 0.334 e. The van der Waals surface area contributed by atoms with Gasteiger partial charge in [0.05, 0.1) is 0 Å². The molecule has 1 fully saturated rings. The normalized spacial score (nSPS) is 17.3. The first-order valence-electron chi connectivity index (χ1n) is 7.92. The second kappa shape index (κ2) is 6.08. The maximum absolute atomic E-state index is 13.6. The van der Waals surface area contributed by atoms with Gasteiger partial charge in [-0.2, -0.15) is 4.98 Å². The van der Waals surface area contributed by atoms with Crippen LogP contribution in [0.5, 0.6) is 0 Å². The van der Waals surface area contributed by atoms with Crippen molar-refractivity contribution in [3.05, 3.63) is 59.9 Å². The molecule has 1 saturated heterocycles. The highest BCUT2D eigenvalue weighted by Crippen LogP contribution is 2.33. The predicted octanol–water partition coefficient (Wildman–Crippen LogP) is 3.10. The molecule has 1 aromatic carbocycles. The van der Waals surface area contributed by atoms with E-state index in [1.807, 2.05) is 6.92 Å². The van der Waals surface area contributed by atoms with Crippen molar-refractivity contribution in [1.29, 1.82) is 0 Å². The van der Waals surface area contributed by atoms with Gasteiger partial charge in [-0.1, -0.05) is 11.2 Å². The van der Waals surface area contributed by atoms with Crippen LogP contribution in [0.25, 0.3) is 11.5 Å². The van der Waals surface area contributed by atoms with Gasteiger partial charge in [-0.3, -0.25) is 9.78 Å². The zero-order valence-corrected chi connectivity index (χ0v) is 13.5. The smallest absolute Gasteiger partial charge is 0.258 e. The molecule has 3 aromatic rings. The van der Waals surface area contributed by atoms with Crippen LogP contribution in [0.1, 0.15) is 23.7 Å². The van der Waals surface area contributed by atoms with E-state index in [0.717, 1.165) is 11.1 Å². The Morgan fingerprint density at radius 3 is 2.84 bits per heavy atom. The number of hydrogen-bond acceptors (Lipinski definition) is 5. The molecule has 1 aliphatic rings. The highest BCUT2D eigenvalue weighted by molar-refractivity contribution is 5.97. The molecule has 7 heteroatoms. The molecule has 0 saturated carbocycles. The molecule has 25 heavy (non-hydrogen) atoms. The van der Waals surface area contributed by atoms with Crippen LogP contribution >= 0.6 is 0 Å². The number of anilines is 1. The third kappa shape index (κ3) is 2.88. The van der Waals surface area contributed by atoms with Gasteiger partial charge in [0.15, 0.2) is 5.82 Å². The molecular weight excluding hydrogens is 323 g/mol. The summed E-state index contributed by atoms with van der Waals surface area (Å²) in [5, 5.41) is 4.02. The number of aromatic nitrogens is 3. The van der Waals surface area contributed by atoms with Crippen LogP contribution in [0, 0.1) is 12.7 Å². The van der Waals surface area contributed by atoms with Crippen LogP contribution in [-0.2, 0) is 4.79 Å². The minimum atomic E-state index is -0.364. The second-order valence-electron chi connectivity index (χ2n) is 6.03. The Morgan fingerprint density at radius 1 is 1.24 bits per heavy atom. The van der Waals surface area contributed by atoms with E-state index in [1.165, 1.54) is 12.1 Å². The maximum Gasteiger partial charge on any atom is 0.258 e. The number of carbonyl (C=O) groups excluding carboxylic acids is 1. The van der Waals surface area contributed by atoms with E-state index in [0.29, 0.717) is 23.9 Å². The number of pyridine rings is 1. The lowest BCUT2D eigenvalue weighted by molar-refractivity contribution is -0.117. The monoisotopic (exact) mass is 338 g/mol. The minimum Gasteiger partial charge on any atom is -0.334 e. The summed E-state index contributed by atoms with van der Waals surface area (Å²) < 4.78 is 18.9. The Bertz CT molecular complexity index is 926. The van der Waals surface area contributed by atoms with E-state index in [-0.39, 0.29) is 24.1 Å². The predicted molar refractivity (Wildman–Crippen MR) is 88.4 cm³/mol. The molecule has 6 nitrogen and oxygen atoms in total. The molecule has 0 N–H and O–H groups in total. The molecule has 0 spiro atoms. The highest BCUT2D eigenvalue weighted by Gasteiger charge is 2.35. The Balaban J connectivity index is 1.59. The SMILES string of the molecule is Cc1ccc(F)cc1N1CC(c2noc(-c3ccncc3)n2)CC1=O. The average Bonchev–Trinajstić information content (AvgIpc) is 3.25. The van der Waals surface area contributed by atoms with Gasteiger partial charge in [0.2, 0.25) is 5.91 Å². The van der Waals surface area contributed by atoms with Crippen molar-refractivity contribution in [3.63, 3.8) is 0 Å². The first-order chi connectivity index (χ1) is 12.1. The van der Waals surface area contributed by atoms with Crippen molar-refractivity contribution in [1.82, 2.24) is 15.1 Å². The minimum absolute atomic E-state index is 0.0750. The average molecular weight is 338 g/mol. The van der Waals surface area contributed by atoms with Crippen molar-refractivity contribution in [3.8, 4) is 11.5 Å². The summed E-state index contributed by atoms with van der Waals surface area (Å²) in [6.45, 7) is 2.25. The van der Waals surface area contributed by atoms with E-state index >= 15 is 0 Å². The van der Waals surface area contributed by atoms with Gasteiger partial charge in [-0.25, -0.2) is 4.39 Å². The van der Waals surface area contributed by atoms with Crippen LogP contribution in [0.4, 0.5) is 10.1 Å². The molecule has 0 radical (unpaired) electrons. The quantitative estimate of drug-likeness (QED) is 0.734. The van der Waals surface area contributed by atoms with Crippen LogP contribution in [0.15, 0.2) is 47.2 Å². The van der Waals surface area contributed by atoms with Crippen LogP contribution in [0.2, 0.25) is 0 Å². The van der Waals surface area contributed by atoms with Gasteiger partial charge in [-0.05, 0) is 36.8 Å². The summed E-state index contributed by atoms with van der Waals surface area (Å²) in [6.07, 6.45) is 3.56. The second-order valence-corrected chi connectivity index (χ2v) is 6.03. The molecule has 0 aliphatic carbocycles. The lowest BCUT2D eigenvalue weighted by atomic mass is 10.1. The number of hydrogen-bond donors (Lipinski definition) is 0. The van der Waals surface area contributed by atoms with Gasteiger partial charge in [0.1, 0.15) is 5.82 Å². The fourth-order valence-corrected chi connectivity index (χ4v) is 3.00. The molecular formula is C18H15FN4O2. The van der Waals surface area contributed by atoms with E-state index in [2.05, 4.69) is 15.1 Å². The Labute approximate surface area is 143 Å². The summed E-state index contributed by atoms with van der Waals surface area (Å²) in [5.41, 5.74) is 2.21. The number of rotatable bonds is 3. The molecule has 1 atom stereocenters. The van der Waals surface area contributed by atoms with Crippen molar-refractivity contribution >= 4 is 11.6 Å². The number of nitrogens with zero attached hydrogens (tertiary/aromatic N) is 4. The first-order valence-corrected chi connectivity index (χ1v) is 7.92. The Morgan fingerprint density at radius 2 is 2.04 bits per heavy atom. The van der Waals surface area contributed by atoms with Crippen molar-refractivity contribution in [2.24, 2.45) is 0 Å². The van der Waals surface area contributed by atoms with Crippen LogP contribution in [0.3, 0.4) is 0 Å². The number of carbonyl (C=O) groups is 1. The van der Waals surface area contributed by atoms with Gasteiger partial charge in [0.25, 0.3) is 5.89 Å². The standard InChI is InChI=1S/C18H15FN4O2/c1-11-2-3-14(19)9-15(11)23-10-13(8-16(23)24)17-21-18(25-22-17)12-4-6-20-7-5-12/h2-7,9,13H,8,10H2,1H3. The van der Waals surface area contributed by atoms with Gasteiger partial charge in [-0.15, -0.1) is 0 Å². The van der Waals surface area contributed by atoms with E-state index in [9.17, 15) is 9.18 Å². The summed E-state index contributed by atoms with van der Waals surface area (Å²) in [7, 11) is 0. The highest BCUT2D eigenvalue weighted by atomic mass is 19.1. The van der Waals surface area contributed by atoms with Gasteiger partial charge < -0.3 is 9.42 Å². The first kappa shape index (κ1) is 15.4. The molecule has 126 valence electrons. The summed E-state index contributed by atoms with van der Waals surface area (Å²) in [5.74, 6) is 0.252. The molecule has 3 heterocycles. The lowest BCUT2D eigenvalue weighted by Gasteiger charge is -2.18. The molecule has 1 unspecified atom stereocenters. The summed E-state index contributed by atoms with van der Waals surface area (Å²) in [4.78, 5) is 22.4. The number of aryl methyl sites for hydroxylation is 1. The number of halogens is 1. The molecule has 2 aromatic heterocycles. The molecule has 4 rings (SSSR count). The van der Waals surface area contributed by atoms with E-state index in [1.54, 1.807) is 35.5 Å². The van der Waals surface area contributed by atoms with Crippen molar-refractivity contribution in [2.45, 2.75) is 19.3 Å². The van der Waals surface area contributed by atoms with Gasteiger partial charge in [0, 0.05) is 42.5 Å². The fourth-order valence-electron chi connectivity index (χ4n) is 3.00. The molecule has 1 aliphatic heterocycles. The number of benzene rings is 1. The molecule has 1 amide bonds. The zero-order valence-electron chi connectivity index (χ0n) is 13.5. The topological polar surface area (TPSA) is 72.1 Å². The van der Waals surface area contributed by atoms with Crippen LogP contribution in [-0.4, -0.2) is 27.6 Å². The zero-order chi connectivity index (χ0) is 17.4. The third-order valence-corrected chi connectivity index (χ3v) is 4.32. The van der Waals surface area contributed by atoms with Crippen molar-refractivity contribution in [2.75, 3.05) is 11.4 Å². The Hall–Kier alpha value is -3.09. The fraction of sp³-hybridized carbons (Fsp3) is 0.222. The number of amides is 1. The molecule has 0 bridgehead atoms. The van der Waals surface area contributed by atoms with Crippen LogP contribution < -0.4 is 4.90 Å². The summed E-state index contributed by atoms with van der Waals surface area (Å²) >= 11 is 0. The van der Waals surface area contributed by atoms with E-state index in [4.69, 9.17) is 4.52 Å². The van der Waals surface area contributed by atoms with E-state index < -0.39 is 0 Å². The van der Waals surface area contributed by atoms with Gasteiger partial charge >= 0.3 is 0 Å². The van der Waals surface area contributed by atoms with Crippen molar-refractivity contribution < 1.29 is 13.7 Å². The Kier molecular flexibility index (Phi) is 3.76. The summed E-state index contributed by atoms with van der Waals surface area (Å²) in [6, 6.07) is 7.99. The third-order valence-electron chi connectivity index (χ3n) is 4.32. The lowest BCUT2D eigenvalue weighted by Crippen LogP contribution is -2.25.